The second-order valence-corrected chi connectivity index (χ2v) is 6.96. The number of quaternary nitrogens is 1. The van der Waals surface area contributed by atoms with Crippen molar-refractivity contribution in [3.05, 3.63) is 65.0 Å². The van der Waals surface area contributed by atoms with Crippen LogP contribution in [0.25, 0.3) is 0 Å². The Morgan fingerprint density at radius 1 is 1.00 bits per heavy atom. The van der Waals surface area contributed by atoms with Crippen molar-refractivity contribution in [2.24, 2.45) is 0 Å². The lowest BCUT2D eigenvalue weighted by Gasteiger charge is -2.19. The number of halogens is 1. The summed E-state index contributed by atoms with van der Waals surface area (Å²) in [6.45, 7) is 9.21. The highest BCUT2D eigenvalue weighted by molar-refractivity contribution is 5.93. The molecule has 134 valence electrons. The van der Waals surface area contributed by atoms with Gasteiger partial charge in [0.1, 0.15) is 12.4 Å². The van der Waals surface area contributed by atoms with Gasteiger partial charge in [0.05, 0.1) is 0 Å². The fraction of sp³-hybridized carbons (Fsp3) is 0.381. The van der Waals surface area contributed by atoms with Gasteiger partial charge in [-0.25, -0.2) is 4.39 Å². The van der Waals surface area contributed by atoms with Crippen LogP contribution in [0.1, 0.15) is 56.2 Å². The van der Waals surface area contributed by atoms with Crippen molar-refractivity contribution < 1.29 is 14.5 Å². The lowest BCUT2D eigenvalue weighted by atomic mass is 9.92. The zero-order valence-electron chi connectivity index (χ0n) is 15.5. The number of benzene rings is 2. The van der Waals surface area contributed by atoms with Crippen LogP contribution in [0, 0.1) is 5.82 Å². The van der Waals surface area contributed by atoms with Crippen molar-refractivity contribution in [1.82, 2.24) is 0 Å². The Balaban J connectivity index is 2.04. The molecule has 0 radical (unpaired) electrons. The third kappa shape index (κ3) is 5.13. The molecule has 2 rings (SSSR count). The second kappa shape index (κ2) is 8.77. The van der Waals surface area contributed by atoms with Crippen molar-refractivity contribution in [3.63, 3.8) is 0 Å². The maximum absolute atomic E-state index is 13.6. The highest BCUT2D eigenvalue weighted by Gasteiger charge is 2.16. The topological polar surface area (TPSA) is 45.7 Å². The van der Waals surface area contributed by atoms with Crippen LogP contribution >= 0.6 is 0 Å². The summed E-state index contributed by atoms with van der Waals surface area (Å²) >= 11 is 0. The molecule has 3 N–H and O–H groups in total. The maximum Gasteiger partial charge on any atom is 0.279 e. The van der Waals surface area contributed by atoms with E-state index in [4.69, 9.17) is 0 Å². The largest absolute Gasteiger partial charge is 0.335 e. The van der Waals surface area contributed by atoms with Gasteiger partial charge < -0.3 is 10.6 Å². The van der Waals surface area contributed by atoms with Gasteiger partial charge in [-0.2, -0.15) is 0 Å². The van der Waals surface area contributed by atoms with E-state index in [1.807, 2.05) is 11.4 Å². The number of nitrogens with one attached hydrogen (secondary N) is 1. The Kier molecular flexibility index (Phi) is 6.71. The first-order valence-corrected chi connectivity index (χ1v) is 8.87. The van der Waals surface area contributed by atoms with Gasteiger partial charge in [0.15, 0.2) is 6.54 Å². The number of nitrogens with two attached hydrogens (primary N) is 1. The first-order valence-electron chi connectivity index (χ1n) is 8.87. The van der Waals surface area contributed by atoms with Crippen molar-refractivity contribution in [1.29, 1.82) is 0 Å². The molecule has 0 aliphatic rings. The molecule has 0 atom stereocenters. The zero-order valence-corrected chi connectivity index (χ0v) is 15.5. The summed E-state index contributed by atoms with van der Waals surface area (Å²) in [4.78, 5) is 12.4. The molecule has 2 aromatic rings. The number of hydrogen-bond acceptors (Lipinski definition) is 1. The first-order chi connectivity index (χ1) is 11.9. The SMILES string of the molecule is CC(C)c1cccc(C(C)C)c1NC(=O)C[NH2+]Cc1ccccc1F. The van der Waals surface area contributed by atoms with Crippen molar-refractivity contribution >= 4 is 11.6 Å². The third-order valence-electron chi connectivity index (χ3n) is 4.29. The van der Waals surface area contributed by atoms with Crippen LogP contribution in [0.3, 0.4) is 0 Å². The lowest BCUT2D eigenvalue weighted by Crippen LogP contribution is -2.84. The Labute approximate surface area is 149 Å². The lowest BCUT2D eigenvalue weighted by molar-refractivity contribution is -0.659. The van der Waals surface area contributed by atoms with Crippen LogP contribution in [0.2, 0.25) is 0 Å². The molecule has 0 unspecified atom stereocenters. The van der Waals surface area contributed by atoms with Crippen molar-refractivity contribution in [3.8, 4) is 0 Å². The molecule has 0 aliphatic carbocycles. The van der Waals surface area contributed by atoms with Gasteiger partial charge in [-0.15, -0.1) is 0 Å². The molecule has 3 nitrogen and oxygen atoms in total. The van der Waals surface area contributed by atoms with Gasteiger partial charge >= 0.3 is 0 Å². The number of hydrogen-bond donors (Lipinski definition) is 2. The Hall–Kier alpha value is -2.20. The third-order valence-corrected chi connectivity index (χ3v) is 4.29. The zero-order chi connectivity index (χ0) is 18.4. The Bertz CT molecular complexity index is 699. The summed E-state index contributed by atoms with van der Waals surface area (Å²) in [5, 5.41) is 4.90. The van der Waals surface area contributed by atoms with E-state index in [9.17, 15) is 9.18 Å². The van der Waals surface area contributed by atoms with E-state index < -0.39 is 0 Å². The minimum atomic E-state index is -0.230. The van der Waals surface area contributed by atoms with Crippen molar-refractivity contribution in [2.75, 3.05) is 11.9 Å². The highest BCUT2D eigenvalue weighted by atomic mass is 19.1. The summed E-state index contributed by atoms with van der Waals surface area (Å²) in [6, 6.07) is 12.8. The molecular weight excluding hydrogens is 315 g/mol. The molecule has 0 aromatic heterocycles. The molecule has 2 aromatic carbocycles. The average Bonchev–Trinajstić information content (AvgIpc) is 2.56. The van der Waals surface area contributed by atoms with Crippen LogP contribution in [0.15, 0.2) is 42.5 Å². The maximum atomic E-state index is 13.6. The van der Waals surface area contributed by atoms with Crippen LogP contribution in [-0.4, -0.2) is 12.5 Å². The minimum absolute atomic E-state index is 0.0636. The molecule has 0 heterocycles. The highest BCUT2D eigenvalue weighted by Crippen LogP contribution is 2.32. The standard InChI is InChI=1S/C21H27FN2O/c1-14(2)17-9-7-10-18(15(3)4)21(17)24-20(25)13-23-12-16-8-5-6-11-19(16)22/h5-11,14-15,23H,12-13H2,1-4H3,(H,24,25)/p+1. The van der Waals surface area contributed by atoms with E-state index in [1.165, 1.54) is 6.07 Å². The molecule has 4 heteroatoms. The summed E-state index contributed by atoms with van der Waals surface area (Å²) in [5.41, 5.74) is 3.83. The van der Waals surface area contributed by atoms with Gasteiger partial charge in [0, 0.05) is 11.3 Å². The fourth-order valence-corrected chi connectivity index (χ4v) is 2.91. The fourth-order valence-electron chi connectivity index (χ4n) is 2.91. The van der Waals surface area contributed by atoms with Gasteiger partial charge in [0.2, 0.25) is 0 Å². The predicted molar refractivity (Wildman–Crippen MR) is 100 cm³/mol. The molecule has 0 aliphatic heterocycles. The number of amides is 1. The van der Waals surface area contributed by atoms with Gasteiger partial charge in [-0.3, -0.25) is 4.79 Å². The Morgan fingerprint density at radius 2 is 1.60 bits per heavy atom. The van der Waals surface area contributed by atoms with Crippen LogP contribution in [0.5, 0.6) is 0 Å². The van der Waals surface area contributed by atoms with E-state index in [-0.39, 0.29) is 18.3 Å². The molecule has 25 heavy (non-hydrogen) atoms. The molecule has 0 fully saturated rings. The normalized spacial score (nSPS) is 11.2. The van der Waals surface area contributed by atoms with Crippen molar-refractivity contribution in [2.45, 2.75) is 46.1 Å². The van der Waals surface area contributed by atoms with E-state index in [0.717, 1.165) is 16.8 Å². The molecule has 0 bridgehead atoms. The van der Waals surface area contributed by atoms with Gasteiger partial charge in [0.25, 0.3) is 5.91 Å². The number of carbonyl (C=O) groups is 1. The van der Waals surface area contributed by atoms with Crippen LogP contribution < -0.4 is 10.6 Å². The van der Waals surface area contributed by atoms with Crippen LogP contribution in [0.4, 0.5) is 10.1 Å². The summed E-state index contributed by atoms with van der Waals surface area (Å²) in [5.74, 6) is 0.366. The Morgan fingerprint density at radius 3 is 2.16 bits per heavy atom. The summed E-state index contributed by atoms with van der Waals surface area (Å²) < 4.78 is 13.6. The van der Waals surface area contributed by atoms with E-state index in [1.54, 1.807) is 18.2 Å². The summed E-state index contributed by atoms with van der Waals surface area (Å²) in [7, 11) is 0. The predicted octanol–water partition coefficient (Wildman–Crippen LogP) is 3.77. The number of carbonyl (C=O) groups excluding carboxylic acids is 1. The molecule has 0 saturated heterocycles. The molecule has 0 saturated carbocycles. The van der Waals surface area contributed by atoms with E-state index in [0.29, 0.717) is 23.9 Å². The number of rotatable bonds is 7. The molecule has 0 spiro atoms. The second-order valence-electron chi connectivity index (χ2n) is 6.96. The van der Waals surface area contributed by atoms with Crippen LogP contribution in [-0.2, 0) is 11.3 Å². The smallest absolute Gasteiger partial charge is 0.279 e. The van der Waals surface area contributed by atoms with E-state index in [2.05, 4.69) is 45.1 Å². The quantitative estimate of drug-likeness (QED) is 0.790. The average molecular weight is 343 g/mol. The van der Waals surface area contributed by atoms with E-state index >= 15 is 0 Å². The van der Waals surface area contributed by atoms with Gasteiger partial charge in [-0.1, -0.05) is 64.1 Å². The van der Waals surface area contributed by atoms with Gasteiger partial charge in [-0.05, 0) is 29.0 Å². The number of anilines is 1. The first kappa shape index (κ1) is 19.1. The molecular formula is C21H28FN2O+. The number of para-hydroxylation sites is 1. The summed E-state index contributed by atoms with van der Waals surface area (Å²) in [6.07, 6.45) is 0. The minimum Gasteiger partial charge on any atom is -0.335 e. The monoisotopic (exact) mass is 343 g/mol. The molecule has 1 amide bonds.